The van der Waals surface area contributed by atoms with Crippen LogP contribution in [0.4, 0.5) is 4.39 Å². The number of aromatic nitrogens is 1. The van der Waals surface area contributed by atoms with Crippen molar-refractivity contribution < 1.29 is 37.5 Å². The summed E-state index contributed by atoms with van der Waals surface area (Å²) in [7, 11) is 4.53. The summed E-state index contributed by atoms with van der Waals surface area (Å²) in [5, 5.41) is 16.9. The first-order valence-electron chi connectivity index (χ1n) is 19.7. The summed E-state index contributed by atoms with van der Waals surface area (Å²) >= 11 is 3.67. The van der Waals surface area contributed by atoms with Crippen LogP contribution in [0.3, 0.4) is 0 Å². The molecule has 0 saturated carbocycles. The molecule has 1 aromatic heterocycles. The molecule has 1 unspecified atom stereocenters. The van der Waals surface area contributed by atoms with Crippen LogP contribution in [-0.2, 0) is 24.1 Å². The molecule has 0 fully saturated rings. The van der Waals surface area contributed by atoms with Gasteiger partial charge in [0, 0.05) is 28.7 Å². The molecular formula is C45H53BrFN3O7Si. The zero-order valence-electron chi connectivity index (χ0n) is 34.9. The molecule has 0 spiro atoms. The third kappa shape index (κ3) is 6.86. The van der Waals surface area contributed by atoms with Crippen molar-refractivity contribution in [2.75, 3.05) is 28.2 Å². The van der Waals surface area contributed by atoms with E-state index in [0.29, 0.717) is 15.8 Å². The summed E-state index contributed by atoms with van der Waals surface area (Å²) in [6.45, 7) is 12.3. The lowest BCUT2D eigenvalue weighted by Gasteiger charge is -2.55. The van der Waals surface area contributed by atoms with E-state index in [0.717, 1.165) is 11.1 Å². The van der Waals surface area contributed by atoms with Gasteiger partial charge in [-0.2, -0.15) is 0 Å². The minimum absolute atomic E-state index is 0.0160. The van der Waals surface area contributed by atoms with Gasteiger partial charge in [0.2, 0.25) is 5.78 Å². The second-order valence-corrected chi connectivity index (χ2v) is 23.3. The second-order valence-electron chi connectivity index (χ2n) is 17.8. The molecule has 3 aliphatic carbocycles. The first-order chi connectivity index (χ1) is 27.3. The Morgan fingerprint density at radius 2 is 1.57 bits per heavy atom. The molecule has 0 aliphatic heterocycles. The van der Waals surface area contributed by atoms with Gasteiger partial charge in [-0.05, 0) is 104 Å². The number of carbonyl (C=O) groups excluding carboxylic acids is 2. The summed E-state index contributed by atoms with van der Waals surface area (Å²) in [6.07, 6.45) is 0.298. The van der Waals surface area contributed by atoms with Crippen LogP contribution in [0.2, 0.25) is 18.1 Å². The zero-order valence-corrected chi connectivity index (χ0v) is 37.5. The van der Waals surface area contributed by atoms with Crippen LogP contribution < -0.4 is 9.47 Å². The molecule has 0 radical (unpaired) electrons. The lowest BCUT2D eigenvalue weighted by molar-refractivity contribution is -0.0481. The molecule has 1 N–H and O–H groups in total. The fourth-order valence-electron chi connectivity index (χ4n) is 8.52. The summed E-state index contributed by atoms with van der Waals surface area (Å²) < 4.78 is 43.4. The third-order valence-corrected chi connectivity index (χ3v) is 18.0. The third-order valence-electron chi connectivity index (χ3n) is 12.8. The smallest absolute Gasteiger partial charge is 0.265 e. The Hall–Kier alpha value is -4.14. The van der Waals surface area contributed by atoms with E-state index < -0.39 is 60.0 Å². The first-order valence-corrected chi connectivity index (χ1v) is 23.4. The molecule has 10 nitrogen and oxygen atoms in total. The Kier molecular flexibility index (Phi) is 11.2. The van der Waals surface area contributed by atoms with E-state index in [1.165, 1.54) is 0 Å². The van der Waals surface area contributed by atoms with Crippen molar-refractivity contribution >= 4 is 35.8 Å². The quantitative estimate of drug-likeness (QED) is 0.146. The number of aliphatic hydroxyl groups is 1. The molecule has 0 amide bonds. The molecule has 0 bridgehead atoms. The summed E-state index contributed by atoms with van der Waals surface area (Å²) in [6, 6.07) is 18.0. The van der Waals surface area contributed by atoms with Crippen LogP contribution in [0, 0.1) is 17.7 Å². The average molecular weight is 875 g/mol. The number of carbonyl (C=O) groups is 2. The van der Waals surface area contributed by atoms with E-state index in [4.69, 9.17) is 18.4 Å². The van der Waals surface area contributed by atoms with Gasteiger partial charge >= 0.3 is 0 Å². The van der Waals surface area contributed by atoms with E-state index >= 15 is 14.0 Å². The molecule has 1 heterocycles. The molecule has 58 heavy (non-hydrogen) atoms. The van der Waals surface area contributed by atoms with E-state index in [9.17, 15) is 5.11 Å². The van der Waals surface area contributed by atoms with Crippen LogP contribution in [-0.4, -0.2) is 73.7 Å². The minimum atomic E-state index is -2.94. The molecule has 0 saturated heterocycles. The zero-order chi connectivity index (χ0) is 42.1. The van der Waals surface area contributed by atoms with Crippen molar-refractivity contribution in [1.82, 2.24) is 15.0 Å². The van der Waals surface area contributed by atoms with Gasteiger partial charge in [-0.25, -0.2) is 4.39 Å². The summed E-state index contributed by atoms with van der Waals surface area (Å²) in [5.74, 6) is -3.07. The minimum Gasteiger partial charge on any atom is -0.508 e. The summed E-state index contributed by atoms with van der Waals surface area (Å²) in [5.41, 5.74) is 0.430. The van der Waals surface area contributed by atoms with Gasteiger partial charge in [-0.15, -0.1) is 0 Å². The predicted octanol–water partition coefficient (Wildman–Crippen LogP) is 9.80. The molecule has 5 atom stereocenters. The fraction of sp³-hybridized carbons (Fsp3) is 0.444. The number of ether oxygens (including phenoxy) is 2. The number of nitrogens with zero attached hydrogens (tertiary/aromatic N) is 3. The highest BCUT2D eigenvalue weighted by Gasteiger charge is 2.67. The van der Waals surface area contributed by atoms with Crippen LogP contribution in [0.1, 0.15) is 94.9 Å². The van der Waals surface area contributed by atoms with Crippen molar-refractivity contribution in [1.29, 1.82) is 0 Å². The largest absolute Gasteiger partial charge is 0.508 e. The number of ketones is 2. The first kappa shape index (κ1) is 42.0. The van der Waals surface area contributed by atoms with Crippen LogP contribution in [0.15, 0.2) is 81.0 Å². The van der Waals surface area contributed by atoms with Gasteiger partial charge in [0.25, 0.3) is 5.88 Å². The highest BCUT2D eigenvalue weighted by atomic mass is 79.9. The van der Waals surface area contributed by atoms with Gasteiger partial charge in [0.05, 0.1) is 16.1 Å². The number of allylic oxidation sites excluding steroid dienone is 1. The number of hydrogen-bond acceptors (Lipinski definition) is 10. The van der Waals surface area contributed by atoms with Crippen molar-refractivity contribution in [3.8, 4) is 11.6 Å². The summed E-state index contributed by atoms with van der Waals surface area (Å²) in [4.78, 5) is 34.7. The normalized spacial score (nSPS) is 22.4. The molecule has 3 aliphatic rings. The topological polar surface area (TPSA) is 115 Å². The molecule has 13 heteroatoms. The van der Waals surface area contributed by atoms with Gasteiger partial charge < -0.3 is 28.4 Å². The van der Waals surface area contributed by atoms with Gasteiger partial charge in [-0.1, -0.05) is 81.4 Å². The van der Waals surface area contributed by atoms with E-state index in [1.807, 2.05) is 119 Å². The Labute approximate surface area is 349 Å². The van der Waals surface area contributed by atoms with E-state index in [2.05, 4.69) is 41.9 Å². The molecule has 308 valence electrons. The maximum atomic E-state index is 17.2. The van der Waals surface area contributed by atoms with Crippen molar-refractivity contribution in [3.63, 3.8) is 0 Å². The lowest BCUT2D eigenvalue weighted by Crippen LogP contribution is -2.65. The number of aliphatic hydroxyl groups excluding tert-OH is 1. The predicted molar refractivity (Wildman–Crippen MR) is 225 cm³/mol. The Bertz CT molecular complexity index is 2270. The highest BCUT2D eigenvalue weighted by molar-refractivity contribution is 9.10. The number of Topliss-reactive ketones (excluding diaryl/α,β-unsaturated/α-hetero) is 2. The average Bonchev–Trinajstić information content (AvgIpc) is 3.58. The number of rotatable bonds is 11. The highest BCUT2D eigenvalue weighted by Crippen LogP contribution is 2.60. The van der Waals surface area contributed by atoms with Crippen LogP contribution in [0.5, 0.6) is 11.6 Å². The van der Waals surface area contributed by atoms with Gasteiger partial charge in [-0.3, -0.25) is 14.5 Å². The lowest BCUT2D eigenvalue weighted by atomic mass is 9.58. The SMILES string of the molecule is CC(c1c(F)c2c(c(OCc3ccccc3)c1Br)C(=O)C1=C(O)[C@]3(O[Si](C)(C)C(C)(C)C)C(=O)c4c(OCc5ccccc5)noc4[C@@H](N(C)C)[C@@H]3C[C@@H]1C2)N(C)C. The number of hydrogen-bond donors (Lipinski definition) is 1. The molecular weight excluding hydrogens is 821 g/mol. The second kappa shape index (κ2) is 15.5. The Balaban J connectivity index is 1.45. The molecule has 3 aromatic carbocycles. The monoisotopic (exact) mass is 873 g/mol. The fourth-order valence-corrected chi connectivity index (χ4v) is 10.8. The number of fused-ring (bicyclic) bond motifs is 4. The van der Waals surface area contributed by atoms with Gasteiger partial charge in [0.15, 0.2) is 25.5 Å². The number of benzene rings is 3. The van der Waals surface area contributed by atoms with Crippen LogP contribution >= 0.6 is 15.9 Å². The maximum Gasteiger partial charge on any atom is 0.265 e. The number of halogens is 2. The van der Waals surface area contributed by atoms with Crippen molar-refractivity contribution in [3.05, 3.63) is 121 Å². The van der Waals surface area contributed by atoms with Crippen molar-refractivity contribution in [2.24, 2.45) is 11.8 Å². The Morgan fingerprint density at radius 1 is 0.983 bits per heavy atom. The van der Waals surface area contributed by atoms with Crippen LogP contribution in [0.25, 0.3) is 0 Å². The standard InChI is InChI=1S/C45H53BrFN3O7Si/c1-25(49(5)6)31-35(46)39(54-23-26-17-13-11-14-18-26)33-29(36(31)47)21-28-22-30-37(50(7)8)40-34(43(48-56-40)55-24-27-19-15-12-16-20-27)42(53)45(30,41(52)32(28)38(33)51)57-58(9,10)44(2,3)4/h11-20,25,28,30,37,52H,21-24H2,1-10H3/t25?,28-,30-,37-,45-/m0/s1. The Morgan fingerprint density at radius 3 is 2.12 bits per heavy atom. The van der Waals surface area contributed by atoms with E-state index in [-0.39, 0.29) is 66.0 Å². The van der Waals surface area contributed by atoms with Crippen molar-refractivity contribution in [2.45, 2.75) is 89.6 Å². The maximum absolute atomic E-state index is 17.2. The molecule has 7 rings (SSSR count). The van der Waals surface area contributed by atoms with Gasteiger partial charge in [0.1, 0.15) is 36.1 Å². The van der Waals surface area contributed by atoms with E-state index in [1.54, 1.807) is 0 Å². The molecule has 4 aromatic rings.